The summed E-state index contributed by atoms with van der Waals surface area (Å²) in [5, 5.41) is 6.73. The average molecular weight is 257 g/mol. The highest BCUT2D eigenvalue weighted by atomic mass is 35.5. The lowest BCUT2D eigenvalue weighted by atomic mass is 9.83. The number of halogens is 1. The van der Waals surface area contributed by atoms with Gasteiger partial charge >= 0.3 is 0 Å². The number of hydrogen-bond donors (Lipinski definition) is 1. The van der Waals surface area contributed by atoms with Crippen LogP contribution in [0.4, 0.5) is 0 Å². The van der Waals surface area contributed by atoms with E-state index in [4.69, 9.17) is 16.1 Å². The lowest BCUT2D eigenvalue weighted by molar-refractivity contribution is 0.0875. The van der Waals surface area contributed by atoms with Gasteiger partial charge < -0.3 is 9.84 Å². The van der Waals surface area contributed by atoms with Crippen LogP contribution in [0.2, 0.25) is 0 Å². The molecular formula is C12H17ClN2O2. The van der Waals surface area contributed by atoms with Gasteiger partial charge in [0.15, 0.2) is 5.69 Å². The number of carbonyl (C=O) groups is 1. The molecule has 5 heteroatoms. The van der Waals surface area contributed by atoms with Crippen LogP contribution in [-0.4, -0.2) is 22.5 Å². The van der Waals surface area contributed by atoms with Crippen molar-refractivity contribution in [2.45, 2.75) is 44.6 Å². The van der Waals surface area contributed by atoms with Crippen molar-refractivity contribution in [1.82, 2.24) is 10.5 Å². The largest absolute Gasteiger partial charge is 0.361 e. The summed E-state index contributed by atoms with van der Waals surface area (Å²) in [6.07, 6.45) is 5.34. The van der Waals surface area contributed by atoms with Gasteiger partial charge in [0.2, 0.25) is 0 Å². The van der Waals surface area contributed by atoms with Gasteiger partial charge in [0.1, 0.15) is 5.76 Å². The van der Waals surface area contributed by atoms with Crippen molar-refractivity contribution in [3.8, 4) is 0 Å². The van der Waals surface area contributed by atoms with E-state index in [-0.39, 0.29) is 11.4 Å². The Labute approximate surface area is 106 Å². The lowest BCUT2D eigenvalue weighted by Crippen LogP contribution is -2.51. The predicted octanol–water partition coefficient (Wildman–Crippen LogP) is 2.65. The maximum atomic E-state index is 12.0. The quantitative estimate of drug-likeness (QED) is 0.846. The third-order valence-corrected chi connectivity index (χ3v) is 3.82. The minimum atomic E-state index is -0.260. The molecule has 1 N–H and O–H groups in total. The van der Waals surface area contributed by atoms with E-state index < -0.39 is 0 Å². The summed E-state index contributed by atoms with van der Waals surface area (Å²) in [6.45, 7) is 1.77. The zero-order chi connectivity index (χ0) is 12.3. The van der Waals surface area contributed by atoms with Crippen molar-refractivity contribution < 1.29 is 9.32 Å². The number of carbonyl (C=O) groups excluding carboxylic acids is 1. The number of rotatable bonds is 3. The molecule has 0 saturated heterocycles. The molecule has 1 saturated carbocycles. The average Bonchev–Trinajstić information content (AvgIpc) is 2.77. The Morgan fingerprint density at radius 2 is 2.24 bits per heavy atom. The Bertz CT molecular complexity index is 397. The van der Waals surface area contributed by atoms with E-state index in [0.29, 0.717) is 17.3 Å². The van der Waals surface area contributed by atoms with Gasteiger partial charge in [0, 0.05) is 11.9 Å². The van der Waals surface area contributed by atoms with Crippen molar-refractivity contribution in [2.24, 2.45) is 0 Å². The Kier molecular flexibility index (Phi) is 3.72. The molecule has 17 heavy (non-hydrogen) atoms. The van der Waals surface area contributed by atoms with Crippen LogP contribution in [0, 0.1) is 6.92 Å². The number of nitrogens with one attached hydrogen (secondary N) is 1. The second-order valence-corrected chi connectivity index (χ2v) is 5.02. The second-order valence-electron chi connectivity index (χ2n) is 4.75. The Morgan fingerprint density at radius 1 is 1.53 bits per heavy atom. The predicted molar refractivity (Wildman–Crippen MR) is 65.2 cm³/mol. The molecular weight excluding hydrogens is 240 g/mol. The van der Waals surface area contributed by atoms with Crippen molar-refractivity contribution in [2.75, 3.05) is 5.88 Å². The highest BCUT2D eigenvalue weighted by Gasteiger charge is 2.33. The molecule has 0 spiro atoms. The first-order chi connectivity index (χ1) is 8.15. The van der Waals surface area contributed by atoms with Crippen molar-refractivity contribution >= 4 is 17.5 Å². The van der Waals surface area contributed by atoms with Crippen molar-refractivity contribution in [1.29, 1.82) is 0 Å². The van der Waals surface area contributed by atoms with Crippen LogP contribution in [0.5, 0.6) is 0 Å². The third kappa shape index (κ3) is 2.80. The molecule has 1 fully saturated rings. The van der Waals surface area contributed by atoms with Gasteiger partial charge in [-0.25, -0.2) is 0 Å². The normalized spacial score (nSPS) is 18.9. The molecule has 0 aliphatic heterocycles. The maximum absolute atomic E-state index is 12.0. The maximum Gasteiger partial charge on any atom is 0.273 e. The molecule has 0 radical (unpaired) electrons. The zero-order valence-electron chi connectivity index (χ0n) is 9.96. The molecule has 0 atom stereocenters. The molecule has 4 nitrogen and oxygen atoms in total. The number of nitrogens with zero attached hydrogens (tertiary/aromatic N) is 1. The van der Waals surface area contributed by atoms with Crippen molar-refractivity contribution in [3.63, 3.8) is 0 Å². The molecule has 0 aromatic carbocycles. The van der Waals surface area contributed by atoms with Crippen LogP contribution < -0.4 is 5.32 Å². The molecule has 0 unspecified atom stereocenters. The van der Waals surface area contributed by atoms with Gasteiger partial charge in [0.05, 0.1) is 5.54 Å². The molecule has 94 valence electrons. The van der Waals surface area contributed by atoms with E-state index in [2.05, 4.69) is 10.5 Å². The van der Waals surface area contributed by atoms with E-state index in [1.54, 1.807) is 13.0 Å². The van der Waals surface area contributed by atoms with Gasteiger partial charge in [-0.1, -0.05) is 24.4 Å². The summed E-state index contributed by atoms with van der Waals surface area (Å²) < 4.78 is 4.90. The zero-order valence-corrected chi connectivity index (χ0v) is 10.7. The number of alkyl halides is 1. The first-order valence-corrected chi connectivity index (χ1v) is 6.50. The summed E-state index contributed by atoms with van der Waals surface area (Å²) in [7, 11) is 0. The van der Waals surface area contributed by atoms with Gasteiger partial charge in [-0.15, -0.1) is 11.6 Å². The van der Waals surface area contributed by atoms with Crippen molar-refractivity contribution in [3.05, 3.63) is 17.5 Å². The van der Waals surface area contributed by atoms with E-state index in [1.165, 1.54) is 6.42 Å². The standard InChI is InChI=1S/C12H17ClN2O2/c1-9-7-10(15-17-9)11(16)14-12(8-13)5-3-2-4-6-12/h7H,2-6,8H2,1H3,(H,14,16). The molecule has 1 aliphatic carbocycles. The van der Waals surface area contributed by atoms with Crippen LogP contribution in [0.3, 0.4) is 0 Å². The van der Waals surface area contributed by atoms with Gasteiger partial charge in [-0.3, -0.25) is 4.79 Å². The van der Waals surface area contributed by atoms with E-state index in [0.717, 1.165) is 25.7 Å². The first kappa shape index (κ1) is 12.4. The second kappa shape index (κ2) is 5.08. The fourth-order valence-corrected chi connectivity index (χ4v) is 2.63. The number of aryl methyl sites for hydroxylation is 1. The van der Waals surface area contributed by atoms with Gasteiger partial charge in [-0.05, 0) is 19.8 Å². The third-order valence-electron chi connectivity index (χ3n) is 3.31. The summed E-state index contributed by atoms with van der Waals surface area (Å²) in [6, 6.07) is 1.64. The topological polar surface area (TPSA) is 55.1 Å². The van der Waals surface area contributed by atoms with Crippen LogP contribution in [0.1, 0.15) is 48.4 Å². The lowest BCUT2D eigenvalue weighted by Gasteiger charge is -2.36. The number of amides is 1. The fourth-order valence-electron chi connectivity index (χ4n) is 2.30. The molecule has 1 aliphatic rings. The van der Waals surface area contributed by atoms with Crippen LogP contribution in [0.25, 0.3) is 0 Å². The summed E-state index contributed by atoms with van der Waals surface area (Å²) in [5.74, 6) is 0.901. The number of aromatic nitrogens is 1. The van der Waals surface area contributed by atoms with Crippen LogP contribution >= 0.6 is 11.6 Å². The minimum absolute atomic E-state index is 0.190. The van der Waals surface area contributed by atoms with Gasteiger partial charge in [0.25, 0.3) is 5.91 Å². The van der Waals surface area contributed by atoms with Crippen LogP contribution in [0.15, 0.2) is 10.6 Å². The Hall–Kier alpha value is -1.03. The summed E-state index contributed by atoms with van der Waals surface area (Å²) in [5.41, 5.74) is 0.0709. The fraction of sp³-hybridized carbons (Fsp3) is 0.667. The highest BCUT2D eigenvalue weighted by Crippen LogP contribution is 2.29. The molecule has 1 aromatic heterocycles. The summed E-state index contributed by atoms with van der Waals surface area (Å²) in [4.78, 5) is 12.0. The van der Waals surface area contributed by atoms with Gasteiger partial charge in [-0.2, -0.15) is 0 Å². The Balaban J connectivity index is 2.05. The molecule has 0 bridgehead atoms. The molecule has 1 aromatic rings. The van der Waals surface area contributed by atoms with E-state index in [9.17, 15) is 4.79 Å². The smallest absolute Gasteiger partial charge is 0.273 e. The van der Waals surface area contributed by atoms with Crippen LogP contribution in [-0.2, 0) is 0 Å². The Morgan fingerprint density at radius 3 is 2.76 bits per heavy atom. The van der Waals surface area contributed by atoms with E-state index in [1.807, 2.05) is 0 Å². The monoisotopic (exact) mass is 256 g/mol. The molecule has 2 rings (SSSR count). The SMILES string of the molecule is Cc1cc(C(=O)NC2(CCl)CCCCC2)no1. The summed E-state index contributed by atoms with van der Waals surface area (Å²) >= 11 is 6.02. The molecule has 1 amide bonds. The number of hydrogen-bond acceptors (Lipinski definition) is 3. The molecule has 1 heterocycles. The first-order valence-electron chi connectivity index (χ1n) is 5.97. The van der Waals surface area contributed by atoms with E-state index >= 15 is 0 Å². The highest BCUT2D eigenvalue weighted by molar-refractivity contribution is 6.18. The minimum Gasteiger partial charge on any atom is -0.361 e.